The summed E-state index contributed by atoms with van der Waals surface area (Å²) in [7, 11) is 0. The molecule has 1 aromatic rings. The summed E-state index contributed by atoms with van der Waals surface area (Å²) >= 11 is 0. The highest BCUT2D eigenvalue weighted by Crippen LogP contribution is 2.43. The second-order valence-corrected chi connectivity index (χ2v) is 6.24. The molecule has 1 aromatic carbocycles. The third-order valence-corrected chi connectivity index (χ3v) is 4.89. The van der Waals surface area contributed by atoms with Gasteiger partial charge in [-0.3, -0.25) is 4.79 Å². The van der Waals surface area contributed by atoms with Gasteiger partial charge in [-0.2, -0.15) is 0 Å². The maximum atomic E-state index is 13.2. The number of amides is 1. The lowest BCUT2D eigenvalue weighted by atomic mass is 9.77. The van der Waals surface area contributed by atoms with Crippen LogP contribution in [0.2, 0.25) is 0 Å². The summed E-state index contributed by atoms with van der Waals surface area (Å²) in [4.78, 5) is 25.9. The van der Waals surface area contributed by atoms with Crippen LogP contribution in [0, 0.1) is 5.82 Å². The number of halogens is 1. The number of ether oxygens (including phenoxy) is 1. The summed E-state index contributed by atoms with van der Waals surface area (Å²) in [5.41, 5.74) is 0.161. The maximum Gasteiger partial charge on any atom is 0.334 e. The van der Waals surface area contributed by atoms with E-state index in [1.165, 1.54) is 12.1 Å². The highest BCUT2D eigenvalue weighted by atomic mass is 19.1. The van der Waals surface area contributed by atoms with Crippen LogP contribution in [0.25, 0.3) is 0 Å². The average Bonchev–Trinajstić information content (AvgIpc) is 3.06. The van der Waals surface area contributed by atoms with Crippen LogP contribution in [-0.2, 0) is 19.7 Å². The van der Waals surface area contributed by atoms with Gasteiger partial charge in [0.15, 0.2) is 6.10 Å². The monoisotopic (exact) mass is 321 g/mol. The minimum atomic E-state index is -1.05. The molecule has 0 spiro atoms. The molecule has 124 valence electrons. The molecule has 1 heterocycles. The van der Waals surface area contributed by atoms with Gasteiger partial charge in [0, 0.05) is 6.54 Å². The molecule has 5 nitrogen and oxygen atoms in total. The fourth-order valence-corrected chi connectivity index (χ4v) is 3.66. The standard InChI is InChI=1S/C17H20FNO4/c18-13-5-3-12(4-6-13)17(7-1-2-8-17)16(22)19-9-10-23-14(11-19)15(20)21/h3-6,14H,1-2,7-11H2,(H,20,21)/t14-/m1/s1. The molecule has 23 heavy (non-hydrogen) atoms. The van der Waals surface area contributed by atoms with Crippen LogP contribution in [-0.4, -0.2) is 47.7 Å². The number of carbonyl (C=O) groups excluding carboxylic acids is 1. The molecule has 1 saturated heterocycles. The zero-order valence-electron chi connectivity index (χ0n) is 12.8. The van der Waals surface area contributed by atoms with E-state index in [-0.39, 0.29) is 24.9 Å². The molecule has 1 atom stereocenters. The van der Waals surface area contributed by atoms with E-state index < -0.39 is 17.5 Å². The van der Waals surface area contributed by atoms with Crippen LogP contribution in [0.3, 0.4) is 0 Å². The Morgan fingerprint density at radius 3 is 2.48 bits per heavy atom. The topological polar surface area (TPSA) is 66.8 Å². The second-order valence-electron chi connectivity index (χ2n) is 6.24. The van der Waals surface area contributed by atoms with E-state index >= 15 is 0 Å². The average molecular weight is 321 g/mol. The minimum Gasteiger partial charge on any atom is -0.479 e. The Bertz CT molecular complexity index is 595. The molecule has 0 aromatic heterocycles. The second kappa shape index (κ2) is 6.28. The van der Waals surface area contributed by atoms with Crippen LogP contribution < -0.4 is 0 Å². The molecule has 1 saturated carbocycles. The maximum absolute atomic E-state index is 13.2. The van der Waals surface area contributed by atoms with Gasteiger partial charge in [-0.1, -0.05) is 25.0 Å². The molecule has 1 amide bonds. The van der Waals surface area contributed by atoms with Crippen molar-refractivity contribution in [2.24, 2.45) is 0 Å². The van der Waals surface area contributed by atoms with Crippen LogP contribution in [0.1, 0.15) is 31.2 Å². The number of morpholine rings is 1. The van der Waals surface area contributed by atoms with E-state index in [1.807, 2.05) is 0 Å². The molecule has 6 heteroatoms. The van der Waals surface area contributed by atoms with Crippen molar-refractivity contribution in [3.63, 3.8) is 0 Å². The smallest absolute Gasteiger partial charge is 0.334 e. The number of carboxylic acid groups (broad SMARTS) is 1. The summed E-state index contributed by atoms with van der Waals surface area (Å²) in [5.74, 6) is -1.44. The zero-order valence-corrected chi connectivity index (χ0v) is 12.8. The van der Waals surface area contributed by atoms with Crippen molar-refractivity contribution in [3.8, 4) is 0 Å². The van der Waals surface area contributed by atoms with Crippen LogP contribution >= 0.6 is 0 Å². The number of carbonyl (C=O) groups is 2. The van der Waals surface area contributed by atoms with E-state index in [4.69, 9.17) is 9.84 Å². The van der Waals surface area contributed by atoms with Gasteiger partial charge < -0.3 is 14.7 Å². The molecule has 1 N–H and O–H groups in total. The first kappa shape index (κ1) is 15.9. The number of benzene rings is 1. The van der Waals surface area contributed by atoms with Gasteiger partial charge in [0.25, 0.3) is 0 Å². The number of aliphatic carboxylic acids is 1. The summed E-state index contributed by atoms with van der Waals surface area (Å²) in [5, 5.41) is 9.11. The van der Waals surface area contributed by atoms with Crippen molar-refractivity contribution in [1.29, 1.82) is 0 Å². The lowest BCUT2D eigenvalue weighted by molar-refractivity contribution is -0.161. The Morgan fingerprint density at radius 2 is 1.87 bits per heavy atom. The van der Waals surface area contributed by atoms with Gasteiger partial charge in [-0.25, -0.2) is 9.18 Å². The Morgan fingerprint density at radius 1 is 1.22 bits per heavy atom. The molecule has 2 fully saturated rings. The predicted molar refractivity (Wildman–Crippen MR) is 80.5 cm³/mol. The van der Waals surface area contributed by atoms with E-state index in [1.54, 1.807) is 17.0 Å². The number of hydrogen-bond acceptors (Lipinski definition) is 3. The summed E-state index contributed by atoms with van der Waals surface area (Å²) in [6.07, 6.45) is 2.34. The zero-order chi connectivity index (χ0) is 16.4. The van der Waals surface area contributed by atoms with Crippen LogP contribution in [0.4, 0.5) is 4.39 Å². The lowest BCUT2D eigenvalue weighted by Crippen LogP contribution is -2.54. The molecule has 2 aliphatic rings. The predicted octanol–water partition coefficient (Wildman–Crippen LogP) is 1.95. The fraction of sp³-hybridized carbons (Fsp3) is 0.529. The van der Waals surface area contributed by atoms with Gasteiger partial charge in [-0.15, -0.1) is 0 Å². The number of nitrogens with zero attached hydrogens (tertiary/aromatic N) is 1. The number of hydrogen-bond donors (Lipinski definition) is 1. The molecule has 1 aliphatic heterocycles. The number of carboxylic acids is 1. The molecule has 3 rings (SSSR count). The highest BCUT2D eigenvalue weighted by molar-refractivity contribution is 5.89. The Kier molecular flexibility index (Phi) is 4.35. The SMILES string of the molecule is O=C(O)[C@H]1CN(C(=O)C2(c3ccc(F)cc3)CCCC2)CCO1. The van der Waals surface area contributed by atoms with Gasteiger partial charge in [-0.05, 0) is 30.5 Å². The highest BCUT2D eigenvalue weighted by Gasteiger charge is 2.46. The first-order valence-electron chi connectivity index (χ1n) is 7.93. The lowest BCUT2D eigenvalue weighted by Gasteiger charge is -2.38. The first-order chi connectivity index (χ1) is 11.0. The van der Waals surface area contributed by atoms with Crippen molar-refractivity contribution in [2.45, 2.75) is 37.2 Å². The van der Waals surface area contributed by atoms with Gasteiger partial charge in [0.1, 0.15) is 5.82 Å². The van der Waals surface area contributed by atoms with Gasteiger partial charge >= 0.3 is 5.97 Å². The Labute approximate surface area is 134 Å². The minimum absolute atomic E-state index is 0.0591. The molecular weight excluding hydrogens is 301 g/mol. The molecule has 0 bridgehead atoms. The van der Waals surface area contributed by atoms with Crippen molar-refractivity contribution in [3.05, 3.63) is 35.6 Å². The molecule has 0 radical (unpaired) electrons. The van der Waals surface area contributed by atoms with Gasteiger partial charge in [0.2, 0.25) is 5.91 Å². The van der Waals surface area contributed by atoms with E-state index in [9.17, 15) is 14.0 Å². The van der Waals surface area contributed by atoms with Crippen molar-refractivity contribution < 1.29 is 23.8 Å². The Hall–Kier alpha value is -1.95. The summed E-state index contributed by atoms with van der Waals surface area (Å²) < 4.78 is 18.4. The van der Waals surface area contributed by atoms with E-state index in [2.05, 4.69) is 0 Å². The van der Waals surface area contributed by atoms with Gasteiger partial charge in [0.05, 0.1) is 18.6 Å². The quantitative estimate of drug-likeness (QED) is 0.924. The Balaban J connectivity index is 1.87. The molecule has 1 aliphatic carbocycles. The molecule has 0 unspecified atom stereocenters. The van der Waals surface area contributed by atoms with Crippen molar-refractivity contribution in [2.75, 3.05) is 19.7 Å². The third kappa shape index (κ3) is 2.95. The fourth-order valence-electron chi connectivity index (χ4n) is 3.66. The van der Waals surface area contributed by atoms with E-state index in [0.29, 0.717) is 19.4 Å². The van der Waals surface area contributed by atoms with Crippen molar-refractivity contribution >= 4 is 11.9 Å². The van der Waals surface area contributed by atoms with Crippen LogP contribution in [0.15, 0.2) is 24.3 Å². The third-order valence-electron chi connectivity index (χ3n) is 4.89. The normalized spacial score (nSPS) is 23.7. The van der Waals surface area contributed by atoms with Crippen LogP contribution in [0.5, 0.6) is 0 Å². The van der Waals surface area contributed by atoms with E-state index in [0.717, 1.165) is 18.4 Å². The number of rotatable bonds is 3. The summed E-state index contributed by atoms with van der Waals surface area (Å²) in [6.45, 7) is 0.685. The van der Waals surface area contributed by atoms with Crippen molar-refractivity contribution in [1.82, 2.24) is 4.90 Å². The summed E-state index contributed by atoms with van der Waals surface area (Å²) in [6, 6.07) is 6.10. The first-order valence-corrected chi connectivity index (χ1v) is 7.93. The largest absolute Gasteiger partial charge is 0.479 e. The molecular formula is C17H20FNO4.